The van der Waals surface area contributed by atoms with Crippen molar-refractivity contribution in [3.63, 3.8) is 0 Å². The number of hydrogen-bond donors (Lipinski definition) is 1. The molecule has 0 amide bonds. The van der Waals surface area contributed by atoms with E-state index in [9.17, 15) is 4.39 Å². The van der Waals surface area contributed by atoms with Gasteiger partial charge in [0.25, 0.3) is 6.01 Å². The smallest absolute Gasteiger partial charge is 0.294 e. The van der Waals surface area contributed by atoms with Crippen LogP contribution in [0.2, 0.25) is 0 Å². The number of benzene rings is 1. The van der Waals surface area contributed by atoms with Gasteiger partial charge in [-0.05, 0) is 11.6 Å². The van der Waals surface area contributed by atoms with Gasteiger partial charge in [-0.15, -0.1) is 0 Å². The lowest BCUT2D eigenvalue weighted by atomic mass is 10.1. The first-order valence-electron chi connectivity index (χ1n) is 4.65. The van der Waals surface area contributed by atoms with Crippen LogP contribution in [0.4, 0.5) is 10.4 Å². The van der Waals surface area contributed by atoms with Gasteiger partial charge in [-0.1, -0.05) is 18.2 Å². The summed E-state index contributed by atoms with van der Waals surface area (Å²) in [5.41, 5.74) is 1.33. The van der Waals surface area contributed by atoms with Crippen molar-refractivity contribution < 1.29 is 8.81 Å². The third kappa shape index (κ3) is 2.15. The van der Waals surface area contributed by atoms with Crippen LogP contribution < -0.4 is 5.32 Å². The molecule has 2 rings (SSSR count). The molecule has 0 saturated heterocycles. The Hall–Kier alpha value is -1.84. The summed E-state index contributed by atoms with van der Waals surface area (Å²) < 4.78 is 18.4. The van der Waals surface area contributed by atoms with Crippen LogP contribution in [0.5, 0.6) is 0 Å². The van der Waals surface area contributed by atoms with Crippen molar-refractivity contribution in [1.82, 2.24) is 4.98 Å². The van der Waals surface area contributed by atoms with Gasteiger partial charge in [0.2, 0.25) is 0 Å². The first kappa shape index (κ1) is 9.71. The second kappa shape index (κ2) is 4.13. The van der Waals surface area contributed by atoms with Crippen molar-refractivity contribution >= 4 is 6.01 Å². The average molecular weight is 206 g/mol. The number of nitrogens with zero attached hydrogens (tertiary/aromatic N) is 1. The molecule has 0 fully saturated rings. The van der Waals surface area contributed by atoms with Crippen LogP contribution in [0.3, 0.4) is 0 Å². The number of hydrogen-bond acceptors (Lipinski definition) is 3. The van der Waals surface area contributed by atoms with Crippen molar-refractivity contribution in [3.8, 4) is 0 Å². The van der Waals surface area contributed by atoms with E-state index >= 15 is 0 Å². The molecule has 1 aromatic heterocycles. The van der Waals surface area contributed by atoms with E-state index in [1.807, 2.05) is 0 Å². The van der Waals surface area contributed by atoms with E-state index < -0.39 is 0 Å². The molecule has 0 spiro atoms. The standard InChI is InChI=1S/C11H11FN2O/c1-13-11-14-9(7-15-11)6-8-4-2-3-5-10(8)12/h2-5,7H,6H2,1H3,(H,13,14). The van der Waals surface area contributed by atoms with E-state index in [1.54, 1.807) is 25.2 Å². The van der Waals surface area contributed by atoms with E-state index in [4.69, 9.17) is 4.42 Å². The molecule has 0 aliphatic rings. The minimum Gasteiger partial charge on any atom is -0.432 e. The summed E-state index contributed by atoms with van der Waals surface area (Å²) in [6.45, 7) is 0. The fourth-order valence-corrected chi connectivity index (χ4v) is 1.34. The van der Waals surface area contributed by atoms with Crippen molar-refractivity contribution in [2.45, 2.75) is 6.42 Å². The molecule has 0 atom stereocenters. The van der Waals surface area contributed by atoms with E-state index in [0.29, 0.717) is 23.7 Å². The van der Waals surface area contributed by atoms with Crippen LogP contribution in [0.25, 0.3) is 0 Å². The van der Waals surface area contributed by atoms with Gasteiger partial charge >= 0.3 is 0 Å². The molecule has 2 aromatic rings. The molecule has 4 heteroatoms. The third-order valence-corrected chi connectivity index (χ3v) is 2.10. The Morgan fingerprint density at radius 2 is 2.20 bits per heavy atom. The molecule has 3 nitrogen and oxygen atoms in total. The van der Waals surface area contributed by atoms with Gasteiger partial charge in [0.1, 0.15) is 12.1 Å². The summed E-state index contributed by atoms with van der Waals surface area (Å²) in [6, 6.07) is 7.09. The zero-order valence-corrected chi connectivity index (χ0v) is 8.33. The second-order valence-electron chi connectivity index (χ2n) is 3.16. The first-order chi connectivity index (χ1) is 7.29. The molecule has 0 aliphatic carbocycles. The van der Waals surface area contributed by atoms with Gasteiger partial charge < -0.3 is 9.73 Å². The molecule has 15 heavy (non-hydrogen) atoms. The molecule has 0 aliphatic heterocycles. The average Bonchev–Trinajstić information content (AvgIpc) is 2.69. The predicted octanol–water partition coefficient (Wildman–Crippen LogP) is 2.45. The van der Waals surface area contributed by atoms with Gasteiger partial charge in [-0.25, -0.2) is 4.39 Å². The molecule has 0 unspecified atom stereocenters. The quantitative estimate of drug-likeness (QED) is 0.838. The van der Waals surface area contributed by atoms with Crippen molar-refractivity contribution in [2.24, 2.45) is 0 Å². The SMILES string of the molecule is CNc1nc(Cc2ccccc2F)co1. The summed E-state index contributed by atoms with van der Waals surface area (Å²) in [4.78, 5) is 4.12. The highest BCUT2D eigenvalue weighted by Crippen LogP contribution is 2.14. The molecule has 0 saturated carbocycles. The minimum absolute atomic E-state index is 0.216. The number of nitrogens with one attached hydrogen (secondary N) is 1. The highest BCUT2D eigenvalue weighted by molar-refractivity contribution is 5.26. The molecule has 1 heterocycles. The fraction of sp³-hybridized carbons (Fsp3) is 0.182. The van der Waals surface area contributed by atoms with Gasteiger partial charge in [-0.2, -0.15) is 4.98 Å². The summed E-state index contributed by atoms with van der Waals surface area (Å²) in [5, 5.41) is 2.78. The normalized spacial score (nSPS) is 10.3. The number of halogens is 1. The topological polar surface area (TPSA) is 38.1 Å². The zero-order valence-electron chi connectivity index (χ0n) is 8.33. The maximum absolute atomic E-state index is 13.3. The van der Waals surface area contributed by atoms with Crippen LogP contribution in [-0.4, -0.2) is 12.0 Å². The van der Waals surface area contributed by atoms with E-state index in [1.165, 1.54) is 12.3 Å². The molecule has 1 N–H and O–H groups in total. The van der Waals surface area contributed by atoms with E-state index in [-0.39, 0.29) is 5.82 Å². The third-order valence-electron chi connectivity index (χ3n) is 2.10. The number of oxazole rings is 1. The van der Waals surface area contributed by atoms with Crippen LogP contribution in [0.15, 0.2) is 34.9 Å². The maximum atomic E-state index is 13.3. The molecule has 78 valence electrons. The first-order valence-corrected chi connectivity index (χ1v) is 4.65. The van der Waals surface area contributed by atoms with Crippen LogP contribution >= 0.6 is 0 Å². The van der Waals surface area contributed by atoms with Gasteiger partial charge in [-0.3, -0.25) is 0 Å². The van der Waals surface area contributed by atoms with Crippen molar-refractivity contribution in [2.75, 3.05) is 12.4 Å². The van der Waals surface area contributed by atoms with Crippen molar-refractivity contribution in [1.29, 1.82) is 0 Å². The van der Waals surface area contributed by atoms with Crippen LogP contribution in [0, 0.1) is 5.82 Å². The van der Waals surface area contributed by atoms with Crippen LogP contribution in [-0.2, 0) is 6.42 Å². The second-order valence-corrected chi connectivity index (χ2v) is 3.16. The Morgan fingerprint density at radius 1 is 1.40 bits per heavy atom. The fourth-order valence-electron chi connectivity index (χ4n) is 1.34. The summed E-state index contributed by atoms with van der Waals surface area (Å²) >= 11 is 0. The molecule has 0 bridgehead atoms. The predicted molar refractivity (Wildman–Crippen MR) is 55.3 cm³/mol. The Morgan fingerprint density at radius 3 is 2.87 bits per heavy atom. The Balaban J connectivity index is 2.18. The number of anilines is 1. The summed E-state index contributed by atoms with van der Waals surface area (Å²) in [6.07, 6.45) is 1.97. The van der Waals surface area contributed by atoms with Crippen molar-refractivity contribution in [3.05, 3.63) is 47.6 Å². The molecule has 0 radical (unpaired) electrons. The summed E-state index contributed by atoms with van der Waals surface area (Å²) in [5.74, 6) is -0.216. The number of aromatic nitrogens is 1. The Bertz CT molecular complexity index is 453. The van der Waals surface area contributed by atoms with Gasteiger partial charge in [0.15, 0.2) is 0 Å². The zero-order chi connectivity index (χ0) is 10.7. The van der Waals surface area contributed by atoms with Crippen LogP contribution in [0.1, 0.15) is 11.3 Å². The largest absolute Gasteiger partial charge is 0.432 e. The molecular weight excluding hydrogens is 195 g/mol. The van der Waals surface area contributed by atoms with Gasteiger partial charge in [0, 0.05) is 13.5 Å². The lowest BCUT2D eigenvalue weighted by Gasteiger charge is -1.98. The van der Waals surface area contributed by atoms with Gasteiger partial charge in [0.05, 0.1) is 5.69 Å². The monoisotopic (exact) mass is 206 g/mol. The maximum Gasteiger partial charge on any atom is 0.294 e. The lowest BCUT2D eigenvalue weighted by Crippen LogP contribution is -1.93. The highest BCUT2D eigenvalue weighted by atomic mass is 19.1. The summed E-state index contributed by atoms with van der Waals surface area (Å²) in [7, 11) is 1.72. The molecule has 1 aromatic carbocycles. The minimum atomic E-state index is -0.216. The molecular formula is C11H11FN2O. The highest BCUT2D eigenvalue weighted by Gasteiger charge is 2.06. The Labute approximate surface area is 86.9 Å². The lowest BCUT2D eigenvalue weighted by molar-refractivity contribution is 0.573. The van der Waals surface area contributed by atoms with E-state index in [2.05, 4.69) is 10.3 Å². The Kier molecular flexibility index (Phi) is 2.67. The number of rotatable bonds is 3. The van der Waals surface area contributed by atoms with E-state index in [0.717, 1.165) is 0 Å².